The van der Waals surface area contributed by atoms with Crippen molar-refractivity contribution in [3.8, 4) is 0 Å². The molecule has 7 heteroatoms. The van der Waals surface area contributed by atoms with E-state index in [-0.39, 0.29) is 18.4 Å². The predicted molar refractivity (Wildman–Crippen MR) is 110 cm³/mol. The molecule has 4 rings (SSSR count). The Morgan fingerprint density at radius 3 is 2.17 bits per heavy atom. The highest BCUT2D eigenvalue weighted by atomic mass is 16.5. The van der Waals surface area contributed by atoms with Gasteiger partial charge in [-0.3, -0.25) is 14.3 Å². The Hall–Kier alpha value is -1.89. The lowest BCUT2D eigenvalue weighted by atomic mass is 9.78. The van der Waals surface area contributed by atoms with Crippen LogP contribution in [-0.2, 0) is 29.4 Å². The van der Waals surface area contributed by atoms with Gasteiger partial charge in [0.15, 0.2) is 0 Å². The van der Waals surface area contributed by atoms with E-state index >= 15 is 0 Å². The van der Waals surface area contributed by atoms with E-state index in [2.05, 4.69) is 5.10 Å². The Morgan fingerprint density at radius 1 is 0.966 bits per heavy atom. The zero-order valence-corrected chi connectivity index (χ0v) is 17.9. The Morgan fingerprint density at radius 2 is 1.55 bits per heavy atom. The zero-order chi connectivity index (χ0) is 20.4. The first-order valence-corrected chi connectivity index (χ1v) is 11.2. The maximum atomic E-state index is 13.2. The van der Waals surface area contributed by atoms with Gasteiger partial charge in [0.1, 0.15) is 12.3 Å². The number of carbonyl (C=O) groups is 2. The fourth-order valence-electron chi connectivity index (χ4n) is 5.51. The van der Waals surface area contributed by atoms with E-state index in [9.17, 15) is 9.59 Å². The largest absolute Gasteiger partial charge is 0.375 e. The summed E-state index contributed by atoms with van der Waals surface area (Å²) in [5.41, 5.74) is 3.15. The molecule has 2 amide bonds. The van der Waals surface area contributed by atoms with Crippen LogP contribution in [0.15, 0.2) is 0 Å². The summed E-state index contributed by atoms with van der Waals surface area (Å²) in [6, 6.07) is 0. The van der Waals surface area contributed by atoms with Crippen LogP contribution in [-0.4, -0.2) is 71.3 Å². The van der Waals surface area contributed by atoms with E-state index in [1.54, 1.807) is 7.11 Å². The lowest BCUT2D eigenvalue weighted by Gasteiger charge is -2.40. The molecule has 2 fully saturated rings. The van der Waals surface area contributed by atoms with E-state index in [0.717, 1.165) is 82.5 Å². The van der Waals surface area contributed by atoms with Crippen molar-refractivity contribution in [1.29, 1.82) is 0 Å². The summed E-state index contributed by atoms with van der Waals surface area (Å²) in [6.07, 6.45) is 8.62. The second-order valence-corrected chi connectivity index (χ2v) is 8.89. The topological polar surface area (TPSA) is 67.7 Å². The van der Waals surface area contributed by atoms with Crippen LogP contribution in [0, 0.1) is 11.8 Å². The fraction of sp³-hybridized carbons (Fsp3) is 0.773. The summed E-state index contributed by atoms with van der Waals surface area (Å²) in [4.78, 5) is 29.2. The van der Waals surface area contributed by atoms with E-state index < -0.39 is 0 Å². The van der Waals surface area contributed by atoms with Crippen molar-refractivity contribution in [2.45, 2.75) is 51.4 Å². The minimum atomic E-state index is 0.103. The molecule has 7 nitrogen and oxygen atoms in total. The maximum absolute atomic E-state index is 13.2. The Labute approximate surface area is 173 Å². The molecule has 0 atom stereocenters. The van der Waals surface area contributed by atoms with E-state index in [1.807, 2.05) is 21.5 Å². The molecule has 0 radical (unpaired) electrons. The number of methoxy groups -OCH3 is 1. The third-order valence-corrected chi connectivity index (χ3v) is 7.18. The van der Waals surface area contributed by atoms with Gasteiger partial charge in [0.25, 0.3) is 5.91 Å². The second kappa shape index (κ2) is 8.86. The van der Waals surface area contributed by atoms with Crippen molar-refractivity contribution in [3.63, 3.8) is 0 Å². The molecule has 0 aromatic carbocycles. The number of nitrogens with zero attached hydrogens (tertiary/aromatic N) is 4. The summed E-state index contributed by atoms with van der Waals surface area (Å²) >= 11 is 0. The quantitative estimate of drug-likeness (QED) is 0.773. The molecule has 160 valence electrons. The summed E-state index contributed by atoms with van der Waals surface area (Å²) in [7, 11) is 3.48. The molecule has 0 unspecified atom stereocenters. The van der Waals surface area contributed by atoms with Gasteiger partial charge in [0.2, 0.25) is 5.91 Å². The monoisotopic (exact) mass is 402 g/mol. The molecule has 1 aromatic rings. The van der Waals surface area contributed by atoms with Crippen LogP contribution in [0.1, 0.15) is 60.3 Å². The Bertz CT molecular complexity index is 743. The van der Waals surface area contributed by atoms with Crippen molar-refractivity contribution in [1.82, 2.24) is 19.6 Å². The maximum Gasteiger partial charge on any atom is 0.272 e. The van der Waals surface area contributed by atoms with Crippen molar-refractivity contribution >= 4 is 11.8 Å². The van der Waals surface area contributed by atoms with Crippen LogP contribution in [0.5, 0.6) is 0 Å². The Balaban J connectivity index is 1.31. The molecule has 0 N–H and O–H groups in total. The summed E-state index contributed by atoms with van der Waals surface area (Å²) in [5, 5.41) is 4.62. The highest BCUT2D eigenvalue weighted by Crippen LogP contribution is 2.33. The van der Waals surface area contributed by atoms with Crippen molar-refractivity contribution in [2.24, 2.45) is 18.9 Å². The van der Waals surface area contributed by atoms with Gasteiger partial charge in [-0.05, 0) is 63.2 Å². The lowest BCUT2D eigenvalue weighted by molar-refractivity contribution is -0.136. The second-order valence-electron chi connectivity index (χ2n) is 8.89. The molecule has 29 heavy (non-hydrogen) atoms. The number of likely N-dealkylation sites (tertiary alicyclic amines) is 2. The molecular weight excluding hydrogens is 368 g/mol. The van der Waals surface area contributed by atoms with E-state index in [0.29, 0.717) is 11.8 Å². The summed E-state index contributed by atoms with van der Waals surface area (Å²) in [5.74, 6) is 1.61. The number of aryl methyl sites for hydroxylation is 2. The first-order chi connectivity index (χ1) is 14.1. The average molecular weight is 403 g/mol. The number of hydrogen-bond acceptors (Lipinski definition) is 4. The lowest BCUT2D eigenvalue weighted by Crippen LogP contribution is -2.45. The average Bonchev–Trinajstić information content (AvgIpc) is 3.09. The minimum absolute atomic E-state index is 0.103. The number of hydrogen-bond donors (Lipinski definition) is 0. The number of piperidine rings is 2. The third kappa shape index (κ3) is 4.20. The number of carbonyl (C=O) groups excluding carboxylic acids is 2. The molecule has 3 aliphatic rings. The van der Waals surface area contributed by atoms with Gasteiger partial charge in [-0.2, -0.15) is 5.10 Å². The van der Waals surface area contributed by atoms with Crippen LogP contribution < -0.4 is 0 Å². The molecular formula is C22H34N4O3. The van der Waals surface area contributed by atoms with Gasteiger partial charge in [-0.25, -0.2) is 0 Å². The number of amides is 2. The molecule has 2 aliphatic heterocycles. The van der Waals surface area contributed by atoms with Gasteiger partial charge < -0.3 is 14.5 Å². The van der Waals surface area contributed by atoms with Crippen LogP contribution >= 0.6 is 0 Å². The third-order valence-electron chi connectivity index (χ3n) is 7.18. The fourth-order valence-corrected chi connectivity index (χ4v) is 5.51. The molecule has 0 saturated carbocycles. The first kappa shape index (κ1) is 20.4. The molecule has 3 heterocycles. The van der Waals surface area contributed by atoms with Crippen LogP contribution in [0.2, 0.25) is 0 Å². The molecule has 0 bridgehead atoms. The standard InChI is InChI=1S/C22H34N4O3/c1-24-21(18-5-3-4-6-19(18)23-24)22(28)26-13-9-17(10-14-26)16-7-11-25(12-8-16)20(27)15-29-2/h16-17H,3-15H2,1-2H3. The molecule has 0 spiro atoms. The Kier molecular flexibility index (Phi) is 6.23. The number of rotatable bonds is 4. The molecule has 1 aromatic heterocycles. The van der Waals surface area contributed by atoms with Crippen LogP contribution in [0.25, 0.3) is 0 Å². The van der Waals surface area contributed by atoms with Gasteiger partial charge in [0.05, 0.1) is 5.69 Å². The summed E-state index contributed by atoms with van der Waals surface area (Å²) < 4.78 is 6.79. The summed E-state index contributed by atoms with van der Waals surface area (Å²) in [6.45, 7) is 3.54. The minimum Gasteiger partial charge on any atom is -0.375 e. The number of ether oxygens (including phenoxy) is 1. The van der Waals surface area contributed by atoms with Gasteiger partial charge in [-0.1, -0.05) is 0 Å². The zero-order valence-electron chi connectivity index (χ0n) is 17.9. The van der Waals surface area contributed by atoms with Crippen molar-refractivity contribution in [2.75, 3.05) is 39.9 Å². The SMILES string of the molecule is COCC(=O)N1CCC(C2CCN(C(=O)c3c4c(nn3C)CCCC4)CC2)CC1. The van der Waals surface area contributed by atoms with Gasteiger partial charge in [-0.15, -0.1) is 0 Å². The van der Waals surface area contributed by atoms with Crippen molar-refractivity contribution < 1.29 is 14.3 Å². The van der Waals surface area contributed by atoms with Gasteiger partial charge >= 0.3 is 0 Å². The number of fused-ring (bicyclic) bond motifs is 1. The normalized spacial score (nSPS) is 21.3. The molecule has 2 saturated heterocycles. The first-order valence-electron chi connectivity index (χ1n) is 11.2. The highest BCUT2D eigenvalue weighted by molar-refractivity contribution is 5.94. The molecule has 1 aliphatic carbocycles. The number of aromatic nitrogens is 2. The van der Waals surface area contributed by atoms with Gasteiger partial charge in [0, 0.05) is 45.9 Å². The van der Waals surface area contributed by atoms with Crippen LogP contribution in [0.4, 0.5) is 0 Å². The van der Waals surface area contributed by atoms with E-state index in [4.69, 9.17) is 4.74 Å². The van der Waals surface area contributed by atoms with E-state index in [1.165, 1.54) is 12.0 Å². The van der Waals surface area contributed by atoms with Crippen molar-refractivity contribution in [3.05, 3.63) is 17.0 Å². The highest BCUT2D eigenvalue weighted by Gasteiger charge is 2.34. The smallest absolute Gasteiger partial charge is 0.272 e. The van der Waals surface area contributed by atoms with Crippen LogP contribution in [0.3, 0.4) is 0 Å². The predicted octanol–water partition coefficient (Wildman–Crippen LogP) is 2.04.